The van der Waals surface area contributed by atoms with Gasteiger partial charge >= 0.3 is 0 Å². The lowest BCUT2D eigenvalue weighted by Crippen LogP contribution is -2.53. The summed E-state index contributed by atoms with van der Waals surface area (Å²) in [5.74, 6) is -0.854. The molecule has 38 heavy (non-hydrogen) atoms. The van der Waals surface area contributed by atoms with Crippen molar-refractivity contribution >= 4 is 50.7 Å². The molecule has 0 heterocycles. The lowest BCUT2D eigenvalue weighted by molar-refractivity contribution is -0.140. The van der Waals surface area contributed by atoms with Crippen LogP contribution in [0.15, 0.2) is 78.9 Å². The second-order valence-corrected chi connectivity index (χ2v) is 11.6. The van der Waals surface area contributed by atoms with Crippen LogP contribution in [0.4, 0.5) is 5.69 Å². The molecule has 0 aliphatic rings. The van der Waals surface area contributed by atoms with Gasteiger partial charge in [0.15, 0.2) is 0 Å². The van der Waals surface area contributed by atoms with Crippen molar-refractivity contribution in [2.45, 2.75) is 32.4 Å². The number of halogens is 2. The molecule has 3 aromatic rings. The topological polar surface area (TPSA) is 86.8 Å². The summed E-state index contributed by atoms with van der Waals surface area (Å²) in [6.45, 7) is 1.93. The summed E-state index contributed by atoms with van der Waals surface area (Å²) in [5.41, 5.74) is 1.87. The average molecular weight is 577 g/mol. The van der Waals surface area contributed by atoms with Crippen molar-refractivity contribution in [1.29, 1.82) is 0 Å². The fourth-order valence-electron chi connectivity index (χ4n) is 3.96. The first kappa shape index (κ1) is 29.5. The van der Waals surface area contributed by atoms with Crippen molar-refractivity contribution in [2.24, 2.45) is 0 Å². The minimum absolute atomic E-state index is 0.0269. The van der Waals surface area contributed by atoms with E-state index in [0.29, 0.717) is 27.8 Å². The van der Waals surface area contributed by atoms with E-state index in [1.807, 2.05) is 37.3 Å². The van der Waals surface area contributed by atoms with E-state index in [0.717, 1.165) is 22.5 Å². The number of benzene rings is 3. The van der Waals surface area contributed by atoms with E-state index in [4.69, 9.17) is 23.2 Å². The summed E-state index contributed by atoms with van der Waals surface area (Å²) < 4.78 is 26.5. The van der Waals surface area contributed by atoms with Crippen LogP contribution in [-0.4, -0.2) is 50.5 Å². The number of nitrogens with zero attached hydrogens (tertiary/aromatic N) is 2. The van der Waals surface area contributed by atoms with E-state index in [1.165, 1.54) is 4.90 Å². The monoisotopic (exact) mass is 575 g/mol. The van der Waals surface area contributed by atoms with Crippen LogP contribution in [0.5, 0.6) is 0 Å². The lowest BCUT2D eigenvalue weighted by atomic mass is 10.0. The number of sulfonamides is 1. The molecular weight excluding hydrogens is 545 g/mol. The molecule has 3 aromatic carbocycles. The van der Waals surface area contributed by atoms with Crippen molar-refractivity contribution in [3.05, 3.63) is 100 Å². The zero-order chi connectivity index (χ0) is 27.7. The smallest absolute Gasteiger partial charge is 0.244 e. The Hall–Kier alpha value is -3.07. The third kappa shape index (κ3) is 8.21. The van der Waals surface area contributed by atoms with Gasteiger partial charge in [0.05, 0.1) is 22.0 Å². The minimum atomic E-state index is -3.80. The summed E-state index contributed by atoms with van der Waals surface area (Å²) in [6, 6.07) is 21.8. The van der Waals surface area contributed by atoms with Crippen LogP contribution in [0.1, 0.15) is 24.5 Å². The summed E-state index contributed by atoms with van der Waals surface area (Å²) in [5, 5.41) is 3.57. The molecule has 10 heteroatoms. The number of para-hydroxylation sites is 1. The van der Waals surface area contributed by atoms with Crippen LogP contribution >= 0.6 is 23.2 Å². The van der Waals surface area contributed by atoms with Crippen LogP contribution in [-0.2, 0) is 32.6 Å². The van der Waals surface area contributed by atoms with Gasteiger partial charge in [-0.15, -0.1) is 0 Å². The highest BCUT2D eigenvalue weighted by Gasteiger charge is 2.33. The number of amides is 2. The van der Waals surface area contributed by atoms with Gasteiger partial charge in [-0.2, -0.15) is 0 Å². The zero-order valence-corrected chi connectivity index (χ0v) is 23.6. The van der Waals surface area contributed by atoms with Crippen molar-refractivity contribution in [3.8, 4) is 0 Å². The molecule has 0 aromatic heterocycles. The summed E-state index contributed by atoms with van der Waals surface area (Å²) >= 11 is 12.3. The molecule has 0 saturated carbocycles. The Morgan fingerprint density at radius 1 is 0.895 bits per heavy atom. The fraction of sp³-hybridized carbons (Fsp3) is 0.286. The van der Waals surface area contributed by atoms with Gasteiger partial charge in [0.1, 0.15) is 12.6 Å². The summed E-state index contributed by atoms with van der Waals surface area (Å²) in [7, 11) is -3.80. The van der Waals surface area contributed by atoms with Crippen LogP contribution in [0.25, 0.3) is 0 Å². The van der Waals surface area contributed by atoms with E-state index in [1.54, 1.807) is 48.5 Å². The third-order valence-corrected chi connectivity index (χ3v) is 7.76. The van der Waals surface area contributed by atoms with Gasteiger partial charge < -0.3 is 10.2 Å². The SMILES string of the molecule is CCCNC(=O)C(Cc1ccccc1)N(Cc1ccc(Cl)c(Cl)c1)C(=O)CN(c1ccccc1)S(C)(=O)=O. The predicted octanol–water partition coefficient (Wildman–Crippen LogP) is 4.93. The second kappa shape index (κ2) is 13.6. The molecule has 1 unspecified atom stereocenters. The Morgan fingerprint density at radius 3 is 2.11 bits per heavy atom. The van der Waals surface area contributed by atoms with Gasteiger partial charge in [0.2, 0.25) is 21.8 Å². The Labute approximate surface area is 234 Å². The highest BCUT2D eigenvalue weighted by atomic mass is 35.5. The quantitative estimate of drug-likeness (QED) is 0.332. The molecule has 3 rings (SSSR count). The molecular formula is C28H31Cl2N3O4S. The molecule has 0 saturated heterocycles. The lowest BCUT2D eigenvalue weighted by Gasteiger charge is -2.33. The molecule has 2 amide bonds. The first-order valence-electron chi connectivity index (χ1n) is 12.2. The van der Waals surface area contributed by atoms with Crippen LogP contribution in [0.2, 0.25) is 10.0 Å². The molecule has 0 spiro atoms. The highest BCUT2D eigenvalue weighted by molar-refractivity contribution is 7.92. The molecule has 1 atom stereocenters. The van der Waals surface area contributed by atoms with Gasteiger partial charge in [0.25, 0.3) is 0 Å². The molecule has 0 radical (unpaired) electrons. The van der Waals surface area contributed by atoms with Crippen LogP contribution in [0, 0.1) is 0 Å². The number of carbonyl (C=O) groups is 2. The molecule has 0 aliphatic carbocycles. The van der Waals surface area contributed by atoms with Gasteiger partial charge in [-0.3, -0.25) is 13.9 Å². The molecule has 0 aliphatic heterocycles. The van der Waals surface area contributed by atoms with Crippen molar-refractivity contribution in [3.63, 3.8) is 0 Å². The Morgan fingerprint density at radius 2 is 1.53 bits per heavy atom. The first-order chi connectivity index (χ1) is 18.1. The molecule has 202 valence electrons. The average Bonchev–Trinajstić information content (AvgIpc) is 2.90. The van der Waals surface area contributed by atoms with Gasteiger partial charge in [-0.25, -0.2) is 8.42 Å². The highest BCUT2D eigenvalue weighted by Crippen LogP contribution is 2.25. The fourth-order valence-corrected chi connectivity index (χ4v) is 5.13. The van der Waals surface area contributed by atoms with Crippen molar-refractivity contribution < 1.29 is 18.0 Å². The first-order valence-corrected chi connectivity index (χ1v) is 14.8. The Kier molecular flexibility index (Phi) is 10.6. The largest absolute Gasteiger partial charge is 0.354 e. The summed E-state index contributed by atoms with van der Waals surface area (Å²) in [4.78, 5) is 28.8. The van der Waals surface area contributed by atoms with Crippen molar-refractivity contribution in [1.82, 2.24) is 10.2 Å². The maximum Gasteiger partial charge on any atom is 0.244 e. The predicted molar refractivity (Wildman–Crippen MR) is 153 cm³/mol. The third-order valence-electron chi connectivity index (χ3n) is 5.88. The molecule has 0 bridgehead atoms. The number of hydrogen-bond acceptors (Lipinski definition) is 4. The number of anilines is 1. The van der Waals surface area contributed by atoms with Crippen molar-refractivity contribution in [2.75, 3.05) is 23.7 Å². The van der Waals surface area contributed by atoms with Crippen LogP contribution in [0.3, 0.4) is 0 Å². The van der Waals surface area contributed by atoms with E-state index in [9.17, 15) is 18.0 Å². The second-order valence-electron chi connectivity index (χ2n) is 8.87. The van der Waals surface area contributed by atoms with E-state index in [-0.39, 0.29) is 18.9 Å². The number of carbonyl (C=O) groups excluding carboxylic acids is 2. The Balaban J connectivity index is 2.04. The van der Waals surface area contributed by atoms with Crippen LogP contribution < -0.4 is 9.62 Å². The summed E-state index contributed by atoms with van der Waals surface area (Å²) in [6.07, 6.45) is 2.01. The van der Waals surface area contributed by atoms with E-state index in [2.05, 4.69) is 5.32 Å². The van der Waals surface area contributed by atoms with Gasteiger partial charge in [-0.1, -0.05) is 84.7 Å². The number of nitrogens with one attached hydrogen (secondary N) is 1. The normalized spacial score (nSPS) is 12.0. The number of rotatable bonds is 12. The van der Waals surface area contributed by atoms with Gasteiger partial charge in [-0.05, 0) is 41.8 Å². The molecule has 0 fully saturated rings. The maximum atomic E-state index is 13.9. The standard InChI is InChI=1S/C28H31Cl2N3O4S/c1-3-16-31-28(35)26(18-21-10-6-4-7-11-21)32(19-22-14-15-24(29)25(30)17-22)27(34)20-33(38(2,36)37)23-12-8-5-9-13-23/h4-15,17,26H,3,16,18-20H2,1-2H3,(H,31,35). The van der Waals surface area contributed by atoms with Gasteiger partial charge in [0, 0.05) is 19.5 Å². The van der Waals surface area contributed by atoms with E-state index >= 15 is 0 Å². The van der Waals surface area contributed by atoms with E-state index < -0.39 is 28.5 Å². The zero-order valence-electron chi connectivity index (χ0n) is 21.3. The maximum absolute atomic E-state index is 13.9. The molecule has 7 nitrogen and oxygen atoms in total. The number of hydrogen-bond donors (Lipinski definition) is 1. The Bertz CT molecular complexity index is 1340. The molecule has 1 N–H and O–H groups in total. The minimum Gasteiger partial charge on any atom is -0.354 e.